The summed E-state index contributed by atoms with van der Waals surface area (Å²) in [5, 5.41) is 37.4. The van der Waals surface area contributed by atoms with Crippen LogP contribution in [0.4, 0.5) is 0 Å². The van der Waals surface area contributed by atoms with Gasteiger partial charge >= 0.3 is 0 Å². The van der Waals surface area contributed by atoms with E-state index in [2.05, 4.69) is 186 Å². The van der Waals surface area contributed by atoms with Gasteiger partial charge in [0, 0.05) is 92.3 Å². The van der Waals surface area contributed by atoms with Gasteiger partial charge in [-0.05, 0) is 49.6 Å². The second-order valence-corrected chi connectivity index (χ2v) is 21.1. The monoisotopic (exact) mass is 844 g/mol. The fourth-order valence-corrected chi connectivity index (χ4v) is 8.78. The minimum atomic E-state index is -0.184. The molecule has 63 heavy (non-hydrogen) atoms. The molecule has 0 atom stereocenters. The highest BCUT2D eigenvalue weighted by Gasteiger charge is 2.27. The van der Waals surface area contributed by atoms with E-state index in [1.165, 1.54) is 0 Å². The van der Waals surface area contributed by atoms with Crippen LogP contribution < -0.4 is 0 Å². The number of benzene rings is 6. The van der Waals surface area contributed by atoms with Crippen molar-refractivity contribution < 1.29 is 15.3 Å². The van der Waals surface area contributed by atoms with Crippen LogP contribution in [0.3, 0.4) is 0 Å². The van der Waals surface area contributed by atoms with Crippen molar-refractivity contribution >= 4 is 0 Å². The summed E-state index contributed by atoms with van der Waals surface area (Å²) in [7, 11) is 0. The van der Waals surface area contributed by atoms with E-state index in [0.717, 1.165) is 66.8 Å². The van der Waals surface area contributed by atoms with Crippen molar-refractivity contribution in [1.29, 1.82) is 0 Å². The van der Waals surface area contributed by atoms with Crippen LogP contribution in [0.5, 0.6) is 17.2 Å². The first-order valence-corrected chi connectivity index (χ1v) is 22.6. The van der Waals surface area contributed by atoms with Gasteiger partial charge in [0.1, 0.15) is 17.2 Å². The molecule has 1 heterocycles. The standard InChI is InChI=1S/C57H69N3O3/c1-55(2,3)49-25-43-34-58(31-40-19-13-10-14-20-40)36-45-27-50(56(4,5)6)29-47(53(45)62)38-60(33-42-23-17-12-18-24-42)39-48-30-51(57(7,8)9)28-46(54(48)63)37-59(35-44(26-49)52(43)61)32-41-21-15-11-16-22-41/h10-30,61-63H,31-39H2,1-9H3. The summed E-state index contributed by atoms with van der Waals surface area (Å²) in [6.07, 6.45) is 0. The first-order chi connectivity index (χ1) is 29.8. The van der Waals surface area contributed by atoms with Gasteiger partial charge in [-0.25, -0.2) is 0 Å². The summed E-state index contributed by atoms with van der Waals surface area (Å²) in [5.41, 5.74) is 11.5. The van der Waals surface area contributed by atoms with Crippen molar-refractivity contribution in [2.45, 2.75) is 137 Å². The number of nitrogens with zero attached hydrogens (tertiary/aromatic N) is 3. The molecule has 0 saturated heterocycles. The van der Waals surface area contributed by atoms with E-state index < -0.39 is 0 Å². The van der Waals surface area contributed by atoms with Crippen LogP contribution in [0.25, 0.3) is 0 Å². The van der Waals surface area contributed by atoms with Gasteiger partial charge in [-0.15, -0.1) is 0 Å². The molecule has 330 valence electrons. The molecule has 6 bridgehead atoms. The number of rotatable bonds is 6. The molecular weight excluding hydrogens is 775 g/mol. The van der Waals surface area contributed by atoms with Gasteiger partial charge in [0.25, 0.3) is 0 Å². The highest BCUT2D eigenvalue weighted by Crippen LogP contribution is 2.39. The quantitative estimate of drug-likeness (QED) is 0.155. The van der Waals surface area contributed by atoms with Crippen LogP contribution >= 0.6 is 0 Å². The Morgan fingerprint density at radius 1 is 0.333 bits per heavy atom. The van der Waals surface area contributed by atoms with Crippen LogP contribution in [0.1, 0.15) is 129 Å². The van der Waals surface area contributed by atoms with E-state index in [0.29, 0.717) is 76.2 Å². The molecule has 0 spiro atoms. The van der Waals surface area contributed by atoms with Gasteiger partial charge in [-0.2, -0.15) is 0 Å². The molecule has 0 unspecified atom stereocenters. The summed E-state index contributed by atoms with van der Waals surface area (Å²) in [4.78, 5) is 7.07. The molecule has 0 aliphatic carbocycles. The predicted octanol–water partition coefficient (Wildman–Crippen LogP) is 12.6. The third-order valence-corrected chi connectivity index (χ3v) is 12.5. The molecule has 0 radical (unpaired) electrons. The van der Waals surface area contributed by atoms with Crippen molar-refractivity contribution in [1.82, 2.24) is 14.7 Å². The Bertz CT molecular complexity index is 2120. The van der Waals surface area contributed by atoms with Gasteiger partial charge in [0.2, 0.25) is 0 Å². The average Bonchev–Trinajstić information content (AvgIpc) is 3.21. The van der Waals surface area contributed by atoms with E-state index in [4.69, 9.17) is 0 Å². The van der Waals surface area contributed by atoms with E-state index in [-0.39, 0.29) is 16.2 Å². The zero-order valence-corrected chi connectivity index (χ0v) is 39.2. The number of phenolic OH excluding ortho intramolecular Hbond substituents is 3. The second-order valence-electron chi connectivity index (χ2n) is 21.1. The largest absolute Gasteiger partial charge is 0.507 e. The van der Waals surface area contributed by atoms with Crippen molar-refractivity contribution in [3.8, 4) is 17.2 Å². The highest BCUT2D eigenvalue weighted by atomic mass is 16.3. The molecule has 1 aliphatic rings. The lowest BCUT2D eigenvalue weighted by atomic mass is 9.83. The summed E-state index contributed by atoms with van der Waals surface area (Å²) in [6, 6.07) is 44.5. The van der Waals surface area contributed by atoms with Crippen LogP contribution in [-0.4, -0.2) is 30.0 Å². The Morgan fingerprint density at radius 2 is 0.524 bits per heavy atom. The zero-order valence-electron chi connectivity index (χ0n) is 39.2. The van der Waals surface area contributed by atoms with E-state index in [1.54, 1.807) is 0 Å². The Balaban J connectivity index is 1.46. The number of hydrogen-bond acceptors (Lipinski definition) is 6. The molecule has 6 nitrogen and oxygen atoms in total. The molecular formula is C57H69N3O3. The number of aromatic hydroxyl groups is 3. The summed E-state index contributed by atoms with van der Waals surface area (Å²) < 4.78 is 0. The molecule has 1 aliphatic heterocycles. The third-order valence-electron chi connectivity index (χ3n) is 12.5. The Labute approximate surface area is 377 Å². The number of fused-ring (bicyclic) bond motifs is 6. The summed E-state index contributed by atoms with van der Waals surface area (Å²) in [6.45, 7) is 24.8. The van der Waals surface area contributed by atoms with Crippen molar-refractivity contribution in [2.75, 3.05) is 0 Å². The van der Waals surface area contributed by atoms with Gasteiger partial charge in [-0.3, -0.25) is 14.7 Å². The third kappa shape index (κ3) is 11.6. The van der Waals surface area contributed by atoms with Crippen LogP contribution in [-0.2, 0) is 75.1 Å². The normalized spacial score (nSPS) is 15.2. The molecule has 3 N–H and O–H groups in total. The van der Waals surface area contributed by atoms with Crippen molar-refractivity contribution in [2.24, 2.45) is 0 Å². The van der Waals surface area contributed by atoms with E-state index in [9.17, 15) is 15.3 Å². The predicted molar refractivity (Wildman–Crippen MR) is 259 cm³/mol. The molecule has 0 amide bonds. The van der Waals surface area contributed by atoms with Crippen molar-refractivity contribution in [3.05, 3.63) is 194 Å². The zero-order chi connectivity index (χ0) is 45.1. The van der Waals surface area contributed by atoms with Gasteiger partial charge in [-0.1, -0.05) is 190 Å². The molecule has 6 heteroatoms. The van der Waals surface area contributed by atoms with Crippen molar-refractivity contribution in [3.63, 3.8) is 0 Å². The van der Waals surface area contributed by atoms with Gasteiger partial charge in [0.15, 0.2) is 0 Å². The highest BCUT2D eigenvalue weighted by molar-refractivity contribution is 5.49. The molecule has 0 aromatic heterocycles. The lowest BCUT2D eigenvalue weighted by molar-refractivity contribution is 0.226. The maximum absolute atomic E-state index is 12.5. The minimum absolute atomic E-state index is 0.184. The minimum Gasteiger partial charge on any atom is -0.507 e. The average molecular weight is 844 g/mol. The molecule has 0 fully saturated rings. The Hall–Kier alpha value is -5.40. The lowest BCUT2D eigenvalue weighted by Gasteiger charge is -2.31. The van der Waals surface area contributed by atoms with Crippen LogP contribution in [0.2, 0.25) is 0 Å². The summed E-state index contributed by atoms with van der Waals surface area (Å²) >= 11 is 0. The number of phenols is 3. The Kier molecular flexibility index (Phi) is 13.6. The maximum atomic E-state index is 12.5. The second kappa shape index (κ2) is 18.8. The van der Waals surface area contributed by atoms with E-state index in [1.807, 2.05) is 18.2 Å². The fourth-order valence-electron chi connectivity index (χ4n) is 8.78. The smallest absolute Gasteiger partial charge is 0.124 e. The molecule has 6 aromatic carbocycles. The maximum Gasteiger partial charge on any atom is 0.124 e. The Morgan fingerprint density at radius 3 is 0.698 bits per heavy atom. The topological polar surface area (TPSA) is 70.4 Å². The molecule has 0 saturated carbocycles. The van der Waals surface area contributed by atoms with Gasteiger partial charge < -0.3 is 15.3 Å². The van der Waals surface area contributed by atoms with Gasteiger partial charge in [0.05, 0.1) is 0 Å². The number of hydrogen-bond donors (Lipinski definition) is 3. The van der Waals surface area contributed by atoms with E-state index >= 15 is 0 Å². The summed E-state index contributed by atoms with van der Waals surface area (Å²) in [5.74, 6) is 0.871. The lowest BCUT2D eigenvalue weighted by Crippen LogP contribution is -2.27. The van der Waals surface area contributed by atoms with Crippen LogP contribution in [0.15, 0.2) is 127 Å². The molecule has 6 aromatic rings. The fraction of sp³-hybridized carbons (Fsp3) is 0.368. The SMILES string of the molecule is CC(C)(C)c1cc2c(O)c(c1)CN(Cc1ccccc1)Cc1cc(C(C)(C)C)cc(c1O)CN(Cc1ccccc1)Cc1cc(C(C)(C)C)cc(c1O)CN(Cc1ccccc1)C2. The first kappa shape index (κ1) is 45.6. The van der Waals surface area contributed by atoms with Crippen LogP contribution in [0, 0.1) is 0 Å². The molecule has 7 rings (SSSR count). The first-order valence-electron chi connectivity index (χ1n) is 22.6.